The summed E-state index contributed by atoms with van der Waals surface area (Å²) < 4.78 is 11.6. The first-order valence-electron chi connectivity index (χ1n) is 6.57. The number of amides is 1. The summed E-state index contributed by atoms with van der Waals surface area (Å²) in [5.74, 6) is 0.633. The maximum atomic E-state index is 11.8. The van der Waals surface area contributed by atoms with E-state index < -0.39 is 0 Å². The van der Waals surface area contributed by atoms with Crippen LogP contribution in [0.25, 0.3) is 0 Å². The number of carbonyl (C=O) groups excluding carboxylic acids is 1. The van der Waals surface area contributed by atoms with Gasteiger partial charge in [0.05, 0.1) is 22.7 Å². The van der Waals surface area contributed by atoms with E-state index in [1.54, 1.807) is 12.1 Å². The molecular weight excluding hydrogens is 336 g/mol. The molecular formula is C15H19BrN2O3. The number of hydrogen-bond donors (Lipinski definition) is 1. The number of nitrogens with zero attached hydrogens (tertiary/aromatic N) is 1. The van der Waals surface area contributed by atoms with Gasteiger partial charge in [0.15, 0.2) is 18.1 Å². The number of hydrogen-bond acceptors (Lipinski definition) is 4. The third-order valence-electron chi connectivity index (χ3n) is 2.30. The van der Waals surface area contributed by atoms with Gasteiger partial charge in [0, 0.05) is 11.6 Å². The van der Waals surface area contributed by atoms with E-state index in [2.05, 4.69) is 21.2 Å². The monoisotopic (exact) mass is 354 g/mol. The quantitative estimate of drug-likeness (QED) is 0.881. The highest BCUT2D eigenvalue weighted by Crippen LogP contribution is 2.36. The Hall–Kier alpha value is -1.74. The van der Waals surface area contributed by atoms with Crippen LogP contribution in [-0.4, -0.2) is 24.7 Å². The summed E-state index contributed by atoms with van der Waals surface area (Å²) in [5.41, 5.74) is 0.141. The van der Waals surface area contributed by atoms with Crippen LogP contribution in [0.2, 0.25) is 0 Å². The van der Waals surface area contributed by atoms with Gasteiger partial charge in [-0.1, -0.05) is 0 Å². The number of halogens is 1. The van der Waals surface area contributed by atoms with Gasteiger partial charge in [-0.15, -0.1) is 0 Å². The summed E-state index contributed by atoms with van der Waals surface area (Å²) >= 11 is 3.33. The van der Waals surface area contributed by atoms with Crippen molar-refractivity contribution in [3.63, 3.8) is 0 Å². The molecule has 6 heteroatoms. The van der Waals surface area contributed by atoms with E-state index in [0.717, 1.165) is 0 Å². The molecule has 0 saturated heterocycles. The molecule has 0 saturated carbocycles. The van der Waals surface area contributed by atoms with Crippen LogP contribution < -0.4 is 14.8 Å². The van der Waals surface area contributed by atoms with Gasteiger partial charge >= 0.3 is 0 Å². The van der Waals surface area contributed by atoms with Crippen molar-refractivity contribution in [1.82, 2.24) is 5.32 Å². The maximum Gasteiger partial charge on any atom is 0.258 e. The van der Waals surface area contributed by atoms with Crippen molar-refractivity contribution < 1.29 is 14.3 Å². The summed E-state index contributed by atoms with van der Waals surface area (Å²) in [5, 5.41) is 11.8. The topological polar surface area (TPSA) is 71.3 Å². The highest BCUT2D eigenvalue weighted by molar-refractivity contribution is 9.10. The van der Waals surface area contributed by atoms with Crippen molar-refractivity contribution in [3.05, 3.63) is 22.2 Å². The third kappa shape index (κ3) is 5.64. The molecule has 0 aliphatic carbocycles. The number of carbonyl (C=O) groups is 1. The van der Waals surface area contributed by atoms with E-state index in [1.165, 1.54) is 0 Å². The Kier molecular flexibility index (Phi) is 6.03. The lowest BCUT2D eigenvalue weighted by atomic mass is 10.1. The zero-order chi connectivity index (χ0) is 16.0. The summed E-state index contributed by atoms with van der Waals surface area (Å²) in [6.45, 7) is 7.84. The number of benzene rings is 1. The van der Waals surface area contributed by atoms with Crippen LogP contribution >= 0.6 is 15.9 Å². The molecule has 1 aromatic carbocycles. The Morgan fingerprint density at radius 1 is 1.38 bits per heavy atom. The molecule has 21 heavy (non-hydrogen) atoms. The van der Waals surface area contributed by atoms with Gasteiger partial charge in [-0.2, -0.15) is 5.26 Å². The second kappa shape index (κ2) is 7.32. The first kappa shape index (κ1) is 17.3. The van der Waals surface area contributed by atoms with Crippen molar-refractivity contribution in [2.24, 2.45) is 0 Å². The molecule has 0 aliphatic rings. The van der Waals surface area contributed by atoms with Crippen LogP contribution in [0.5, 0.6) is 11.5 Å². The molecule has 0 spiro atoms. The number of nitriles is 1. The lowest BCUT2D eigenvalue weighted by Crippen LogP contribution is -2.43. The Labute approximate surface area is 133 Å². The fourth-order valence-electron chi connectivity index (χ4n) is 1.63. The van der Waals surface area contributed by atoms with Crippen LogP contribution in [-0.2, 0) is 4.79 Å². The zero-order valence-electron chi connectivity index (χ0n) is 12.6. The Balaban J connectivity index is 2.87. The van der Waals surface area contributed by atoms with E-state index in [4.69, 9.17) is 14.7 Å². The predicted octanol–water partition coefficient (Wildman–Crippen LogP) is 3.01. The lowest BCUT2D eigenvalue weighted by molar-refractivity contribution is -0.124. The molecule has 0 unspecified atom stereocenters. The van der Waals surface area contributed by atoms with Crippen LogP contribution in [0.1, 0.15) is 33.3 Å². The minimum Gasteiger partial charge on any atom is -0.490 e. The minimum absolute atomic E-state index is 0.123. The largest absolute Gasteiger partial charge is 0.490 e. The summed E-state index contributed by atoms with van der Waals surface area (Å²) in [4.78, 5) is 11.8. The maximum absolute atomic E-state index is 11.8. The SMILES string of the molecule is CCOc1cc(C#N)cc(Br)c1OCC(=O)NC(C)(C)C. The Morgan fingerprint density at radius 3 is 2.57 bits per heavy atom. The fourth-order valence-corrected chi connectivity index (χ4v) is 2.18. The molecule has 0 fully saturated rings. The fraction of sp³-hybridized carbons (Fsp3) is 0.467. The van der Waals surface area contributed by atoms with Crippen molar-refractivity contribution in [2.45, 2.75) is 33.2 Å². The zero-order valence-corrected chi connectivity index (χ0v) is 14.2. The van der Waals surface area contributed by atoms with Crippen molar-refractivity contribution >= 4 is 21.8 Å². The summed E-state index contributed by atoms with van der Waals surface area (Å²) in [7, 11) is 0. The van der Waals surface area contributed by atoms with Crippen molar-refractivity contribution in [1.29, 1.82) is 5.26 Å². The standard InChI is InChI=1S/C15H19BrN2O3/c1-5-20-12-7-10(8-17)6-11(16)14(12)21-9-13(19)18-15(2,3)4/h6-7H,5,9H2,1-4H3,(H,18,19). The van der Waals surface area contributed by atoms with E-state index >= 15 is 0 Å². The number of rotatable bonds is 5. The lowest BCUT2D eigenvalue weighted by Gasteiger charge is -2.21. The summed E-state index contributed by atoms with van der Waals surface area (Å²) in [6.07, 6.45) is 0. The molecule has 5 nitrogen and oxygen atoms in total. The van der Waals surface area contributed by atoms with Gasteiger partial charge in [-0.25, -0.2) is 0 Å². The van der Waals surface area contributed by atoms with Crippen LogP contribution in [0.15, 0.2) is 16.6 Å². The molecule has 0 radical (unpaired) electrons. The van der Waals surface area contributed by atoms with Crippen molar-refractivity contribution in [3.8, 4) is 17.6 Å². The van der Waals surface area contributed by atoms with E-state index in [1.807, 2.05) is 33.8 Å². The Bertz CT molecular complexity index is 559. The average Bonchev–Trinajstić information content (AvgIpc) is 2.35. The molecule has 1 rings (SSSR count). The first-order chi connectivity index (χ1) is 9.76. The van der Waals surface area contributed by atoms with Gasteiger partial charge < -0.3 is 14.8 Å². The highest BCUT2D eigenvalue weighted by atomic mass is 79.9. The van der Waals surface area contributed by atoms with Gasteiger partial charge in [-0.3, -0.25) is 4.79 Å². The predicted molar refractivity (Wildman–Crippen MR) is 83.4 cm³/mol. The molecule has 0 aliphatic heterocycles. The molecule has 0 aromatic heterocycles. The average molecular weight is 355 g/mol. The summed E-state index contributed by atoms with van der Waals surface area (Å²) in [6, 6.07) is 5.26. The molecule has 0 heterocycles. The van der Waals surface area contributed by atoms with E-state index in [-0.39, 0.29) is 18.1 Å². The highest BCUT2D eigenvalue weighted by Gasteiger charge is 2.17. The van der Waals surface area contributed by atoms with Gasteiger partial charge in [0.1, 0.15) is 0 Å². The van der Waals surface area contributed by atoms with Gasteiger partial charge in [-0.05, 0) is 49.7 Å². The second-order valence-corrected chi connectivity index (χ2v) is 6.27. The van der Waals surface area contributed by atoms with Gasteiger partial charge in [0.25, 0.3) is 5.91 Å². The number of ether oxygens (including phenoxy) is 2. The number of nitrogens with one attached hydrogen (secondary N) is 1. The molecule has 0 atom stereocenters. The van der Waals surface area contributed by atoms with E-state index in [0.29, 0.717) is 28.1 Å². The van der Waals surface area contributed by atoms with Crippen molar-refractivity contribution in [2.75, 3.05) is 13.2 Å². The third-order valence-corrected chi connectivity index (χ3v) is 2.89. The molecule has 0 bridgehead atoms. The van der Waals surface area contributed by atoms with Crippen LogP contribution in [0.3, 0.4) is 0 Å². The van der Waals surface area contributed by atoms with Gasteiger partial charge in [0.2, 0.25) is 0 Å². The molecule has 1 aromatic rings. The van der Waals surface area contributed by atoms with Crippen LogP contribution in [0, 0.1) is 11.3 Å². The molecule has 1 amide bonds. The second-order valence-electron chi connectivity index (χ2n) is 5.42. The first-order valence-corrected chi connectivity index (χ1v) is 7.36. The normalized spacial score (nSPS) is 10.7. The molecule has 1 N–H and O–H groups in total. The smallest absolute Gasteiger partial charge is 0.258 e. The van der Waals surface area contributed by atoms with Crippen LogP contribution in [0.4, 0.5) is 0 Å². The minimum atomic E-state index is -0.314. The van der Waals surface area contributed by atoms with E-state index in [9.17, 15) is 4.79 Å². The molecule has 114 valence electrons. The Morgan fingerprint density at radius 2 is 2.05 bits per heavy atom.